The molecule has 3 aromatic heterocycles. The van der Waals surface area contributed by atoms with Gasteiger partial charge in [-0.25, -0.2) is 9.78 Å². The summed E-state index contributed by atoms with van der Waals surface area (Å²) in [4.78, 5) is 39.6. The number of alkyl halides is 6. The molecule has 11 nitrogen and oxygen atoms in total. The number of fused-ring (bicyclic) bond motifs is 1. The van der Waals surface area contributed by atoms with Crippen molar-refractivity contribution < 1.29 is 45.1 Å². The predicted molar refractivity (Wildman–Crippen MR) is 140 cm³/mol. The van der Waals surface area contributed by atoms with Crippen LogP contribution >= 0.6 is 0 Å². The number of rotatable bonds is 5. The van der Waals surface area contributed by atoms with Crippen LogP contribution in [0.2, 0.25) is 0 Å². The molecule has 0 aliphatic carbocycles. The van der Waals surface area contributed by atoms with Gasteiger partial charge in [0.1, 0.15) is 5.82 Å². The number of pyridine rings is 1. The topological polar surface area (TPSA) is 140 Å². The Hall–Kier alpha value is -5.09. The quantitative estimate of drug-likeness (QED) is 0.248. The molecule has 4 aromatic rings. The number of hydrogen-bond acceptors (Lipinski definition) is 10. The van der Waals surface area contributed by atoms with Gasteiger partial charge in [0.05, 0.1) is 22.9 Å². The molecule has 3 N–H and O–H groups in total. The number of carbonyl (C=O) groups excluding carboxylic acids is 2. The molecular formula is C26H21F6N7O4. The van der Waals surface area contributed by atoms with Crippen molar-refractivity contribution in [1.29, 1.82) is 0 Å². The maximum atomic E-state index is 14.2. The van der Waals surface area contributed by atoms with Gasteiger partial charge >= 0.3 is 18.3 Å². The van der Waals surface area contributed by atoms with Crippen LogP contribution in [0.25, 0.3) is 22.3 Å². The molecule has 5 rings (SSSR count). The van der Waals surface area contributed by atoms with Crippen molar-refractivity contribution in [2.45, 2.75) is 12.4 Å². The number of furan rings is 1. The van der Waals surface area contributed by atoms with Crippen LogP contribution in [0.5, 0.6) is 5.75 Å². The number of nitrogen functional groups attached to an aromatic ring is 1. The van der Waals surface area contributed by atoms with E-state index in [0.717, 1.165) is 18.4 Å². The van der Waals surface area contributed by atoms with Crippen molar-refractivity contribution in [3.05, 3.63) is 54.0 Å². The molecule has 1 saturated heterocycles. The van der Waals surface area contributed by atoms with Crippen LogP contribution in [0, 0.1) is 0 Å². The standard InChI is InChI=1S/C26H21F6N7O4/c1-34-20-13-5-6-15(35-21(13)37-24(33)36-20)18-14(25(27,28)29)3-2-4-16(18)38-8-10-39(11-9-38)22(40)19-17(7-12-42-19)43-23(41)26(30,31)32/h2-7,12H,8-11H2,1H3,(H3,33,34,35,36,37). The molecular weight excluding hydrogens is 588 g/mol. The van der Waals surface area contributed by atoms with Crippen LogP contribution in [-0.4, -0.2) is 71.1 Å². The number of aromatic nitrogens is 3. The van der Waals surface area contributed by atoms with Crippen LogP contribution in [0.4, 0.5) is 43.8 Å². The second-order valence-electron chi connectivity index (χ2n) is 9.23. The molecule has 0 saturated carbocycles. The first-order chi connectivity index (χ1) is 20.3. The fraction of sp³-hybridized carbons (Fsp3) is 0.269. The molecule has 0 bridgehead atoms. The van der Waals surface area contributed by atoms with E-state index in [-0.39, 0.29) is 54.7 Å². The number of carbonyl (C=O) groups is 2. The monoisotopic (exact) mass is 609 g/mol. The van der Waals surface area contributed by atoms with E-state index in [2.05, 4.69) is 25.0 Å². The van der Waals surface area contributed by atoms with Crippen LogP contribution in [0.1, 0.15) is 16.1 Å². The summed E-state index contributed by atoms with van der Waals surface area (Å²) >= 11 is 0. The van der Waals surface area contributed by atoms with Gasteiger partial charge in [-0.1, -0.05) is 6.07 Å². The molecule has 17 heteroatoms. The highest BCUT2D eigenvalue weighted by atomic mass is 19.4. The van der Waals surface area contributed by atoms with Crippen molar-refractivity contribution in [2.24, 2.45) is 0 Å². The van der Waals surface area contributed by atoms with Gasteiger partial charge in [0.2, 0.25) is 11.7 Å². The van der Waals surface area contributed by atoms with Crippen LogP contribution in [0.15, 0.2) is 47.1 Å². The van der Waals surface area contributed by atoms with Gasteiger partial charge in [0.15, 0.2) is 11.4 Å². The highest BCUT2D eigenvalue weighted by Gasteiger charge is 2.43. The fourth-order valence-electron chi connectivity index (χ4n) is 4.65. The first-order valence-corrected chi connectivity index (χ1v) is 12.5. The smallest absolute Gasteiger partial charge is 0.455 e. The molecule has 0 radical (unpaired) electrons. The predicted octanol–water partition coefficient (Wildman–Crippen LogP) is 4.36. The number of halogens is 6. The lowest BCUT2D eigenvalue weighted by molar-refractivity contribution is -0.189. The number of hydrogen-bond donors (Lipinski definition) is 2. The summed E-state index contributed by atoms with van der Waals surface area (Å²) in [7, 11) is 1.60. The van der Waals surface area contributed by atoms with E-state index in [1.165, 1.54) is 29.2 Å². The second kappa shape index (κ2) is 11.0. The molecule has 1 aliphatic heterocycles. The summed E-state index contributed by atoms with van der Waals surface area (Å²) in [5.74, 6) is -4.48. The van der Waals surface area contributed by atoms with E-state index in [9.17, 15) is 35.9 Å². The normalized spacial score (nSPS) is 14.2. The number of nitrogens with two attached hydrogens (primary N) is 1. The Labute approximate surface area is 238 Å². The number of esters is 1. The average molecular weight is 609 g/mol. The summed E-state index contributed by atoms with van der Waals surface area (Å²) in [5, 5.41) is 3.28. The third-order valence-corrected chi connectivity index (χ3v) is 6.58. The number of benzene rings is 1. The van der Waals surface area contributed by atoms with Gasteiger partial charge in [0, 0.05) is 50.5 Å². The Balaban J connectivity index is 1.44. The molecule has 43 heavy (non-hydrogen) atoms. The van der Waals surface area contributed by atoms with Crippen molar-refractivity contribution in [3.63, 3.8) is 0 Å². The summed E-state index contributed by atoms with van der Waals surface area (Å²) in [5.41, 5.74) is 4.83. The molecule has 1 amide bonds. The van der Waals surface area contributed by atoms with E-state index in [0.29, 0.717) is 11.2 Å². The number of ether oxygens (including phenoxy) is 1. The van der Waals surface area contributed by atoms with Crippen molar-refractivity contribution >= 4 is 40.4 Å². The molecule has 0 unspecified atom stereocenters. The summed E-state index contributed by atoms with van der Waals surface area (Å²) < 4.78 is 89.8. The Kier molecular flexibility index (Phi) is 7.49. The number of nitrogens with zero attached hydrogens (tertiary/aromatic N) is 5. The van der Waals surface area contributed by atoms with Gasteiger partial charge < -0.3 is 30.0 Å². The molecule has 226 valence electrons. The Bertz CT molecular complexity index is 1700. The third-order valence-electron chi connectivity index (χ3n) is 6.58. The number of amides is 1. The second-order valence-corrected chi connectivity index (χ2v) is 9.23. The average Bonchev–Trinajstić information content (AvgIpc) is 3.42. The minimum atomic E-state index is -5.29. The third kappa shape index (κ3) is 5.82. The highest BCUT2D eigenvalue weighted by Crippen LogP contribution is 2.42. The van der Waals surface area contributed by atoms with E-state index >= 15 is 0 Å². The highest BCUT2D eigenvalue weighted by molar-refractivity contribution is 5.95. The Morgan fingerprint density at radius 2 is 1.70 bits per heavy atom. The summed E-state index contributed by atoms with van der Waals surface area (Å²) in [6, 6.07) is 7.52. The lowest BCUT2D eigenvalue weighted by Gasteiger charge is -2.37. The van der Waals surface area contributed by atoms with E-state index in [1.807, 2.05) is 0 Å². The van der Waals surface area contributed by atoms with Gasteiger partial charge in [-0.2, -0.15) is 36.3 Å². The van der Waals surface area contributed by atoms with E-state index < -0.39 is 41.3 Å². The lowest BCUT2D eigenvalue weighted by Crippen LogP contribution is -2.49. The maximum absolute atomic E-state index is 14.2. The molecule has 4 heterocycles. The fourth-order valence-corrected chi connectivity index (χ4v) is 4.65. The molecule has 1 fully saturated rings. The molecule has 1 aromatic carbocycles. The molecule has 0 atom stereocenters. The summed E-state index contributed by atoms with van der Waals surface area (Å²) in [6.45, 7) is 0.0146. The van der Waals surface area contributed by atoms with Gasteiger partial charge in [-0.15, -0.1) is 0 Å². The van der Waals surface area contributed by atoms with Gasteiger partial charge in [0.25, 0.3) is 5.91 Å². The van der Waals surface area contributed by atoms with Crippen LogP contribution < -0.4 is 20.7 Å². The van der Waals surface area contributed by atoms with Crippen molar-refractivity contribution in [3.8, 4) is 17.0 Å². The van der Waals surface area contributed by atoms with Gasteiger partial charge in [-0.05, 0) is 24.3 Å². The van der Waals surface area contributed by atoms with Crippen LogP contribution in [0.3, 0.4) is 0 Å². The first-order valence-electron chi connectivity index (χ1n) is 12.5. The zero-order chi connectivity index (χ0) is 31.1. The largest absolute Gasteiger partial charge is 0.491 e. The van der Waals surface area contributed by atoms with E-state index in [4.69, 9.17) is 10.2 Å². The van der Waals surface area contributed by atoms with Crippen molar-refractivity contribution in [1.82, 2.24) is 19.9 Å². The van der Waals surface area contributed by atoms with E-state index in [1.54, 1.807) is 11.9 Å². The SMILES string of the molecule is CNc1nc(N)nc2nc(-c3c(N4CCN(C(=O)c5occc5OC(=O)C(F)(F)F)CC4)cccc3C(F)(F)F)ccc12. The minimum absolute atomic E-state index is 0.0270. The van der Waals surface area contributed by atoms with Crippen LogP contribution in [-0.2, 0) is 11.0 Å². The van der Waals surface area contributed by atoms with Crippen molar-refractivity contribution in [2.75, 3.05) is 49.2 Å². The number of piperazine rings is 1. The molecule has 1 aliphatic rings. The Morgan fingerprint density at radius 1 is 0.977 bits per heavy atom. The van der Waals surface area contributed by atoms with Gasteiger partial charge in [-0.3, -0.25) is 4.79 Å². The zero-order valence-corrected chi connectivity index (χ0v) is 22.1. The number of nitrogens with one attached hydrogen (secondary N) is 1. The molecule has 0 spiro atoms. The first kappa shape index (κ1) is 29.4. The summed E-state index contributed by atoms with van der Waals surface area (Å²) in [6.07, 6.45) is -9.14. The minimum Gasteiger partial charge on any atom is -0.455 e. The number of anilines is 3. The Morgan fingerprint density at radius 3 is 2.35 bits per heavy atom. The zero-order valence-electron chi connectivity index (χ0n) is 22.1. The maximum Gasteiger partial charge on any atom is 0.491 e. The lowest BCUT2D eigenvalue weighted by atomic mass is 9.99.